The predicted octanol–water partition coefficient (Wildman–Crippen LogP) is 29.0. The molecule has 0 saturated carbocycles. The molecule has 0 atom stereocenters. The lowest BCUT2D eigenvalue weighted by atomic mass is 9.78. The van der Waals surface area contributed by atoms with E-state index in [1.54, 1.807) is 218 Å². The third-order valence-electron chi connectivity index (χ3n) is 12.4. The Morgan fingerprint density at radius 2 is 0.290 bits per heavy atom. The Hall–Kier alpha value is -9.74. The third-order valence-corrected chi connectivity index (χ3v) is 17.6. The van der Waals surface area contributed by atoms with Crippen molar-refractivity contribution in [1.29, 1.82) is 0 Å². The number of phosphoric ester groups is 4. The molecule has 20 heteroatoms. The van der Waals surface area contributed by atoms with Gasteiger partial charge in [-0.05, 0) is 132 Å². The first-order valence-electron chi connectivity index (χ1n) is 36.2. The molecule has 11 rings (SSSR count). The van der Waals surface area contributed by atoms with Crippen LogP contribution in [0.15, 0.2) is 328 Å². The van der Waals surface area contributed by atoms with Crippen molar-refractivity contribution in [2.75, 3.05) is 14.2 Å². The smallest absolute Gasteiger partial charge is 0.395 e. The van der Waals surface area contributed by atoms with Crippen molar-refractivity contribution in [2.45, 2.75) is 130 Å². The summed E-state index contributed by atoms with van der Waals surface area (Å²) in [6.45, 7) is 36.1. The van der Waals surface area contributed by atoms with Gasteiger partial charge in [0.15, 0.2) is 0 Å². The molecule has 0 aromatic heterocycles. The van der Waals surface area contributed by atoms with E-state index in [4.69, 9.17) is 54.3 Å². The van der Waals surface area contributed by atoms with E-state index in [1.165, 1.54) is 14.2 Å². The minimum absolute atomic E-state index is 0.311. The van der Waals surface area contributed by atoms with E-state index >= 15 is 0 Å². The minimum Gasteiger partial charge on any atom is -0.395 e. The zero-order chi connectivity index (χ0) is 80.1. The van der Waals surface area contributed by atoms with Gasteiger partial charge in [0.25, 0.3) is 0 Å². The molecule has 11 aromatic rings. The fourth-order valence-corrected chi connectivity index (χ4v) is 12.3. The summed E-state index contributed by atoms with van der Waals surface area (Å²) in [5, 5.41) is 0. The molecule has 0 amide bonds. The number of hydrogen-bond donors (Lipinski definition) is 0. The Bertz CT molecular complexity index is 3590. The number of rotatable bonds is 24. The Kier molecular flexibility index (Phi) is 53.1. The Labute approximate surface area is 640 Å². The maximum atomic E-state index is 13.8. The summed E-state index contributed by atoms with van der Waals surface area (Å²) in [5.41, 5.74) is 1.45. The molecule has 0 aliphatic heterocycles. The van der Waals surface area contributed by atoms with Crippen LogP contribution in [0.5, 0.6) is 57.5 Å². The maximum Gasteiger partial charge on any atom is 0.647 e. The lowest BCUT2D eigenvalue weighted by molar-refractivity contribution is 0.248. The van der Waals surface area contributed by atoms with Gasteiger partial charge in [-0.3, -0.25) is 9.05 Å². The largest absolute Gasteiger partial charge is 0.647 e. The zero-order valence-electron chi connectivity index (χ0n) is 66.0. The van der Waals surface area contributed by atoms with E-state index in [-0.39, 0.29) is 0 Å². The van der Waals surface area contributed by atoms with Gasteiger partial charge in [0.05, 0.1) is 0 Å². The van der Waals surface area contributed by atoms with Crippen molar-refractivity contribution in [3.05, 3.63) is 339 Å². The SMILES string of the molecule is CC.CC.CC.CC.CC.CC.CC.CC.CC(C)(c1ccc(OP(=O)(Oc2ccccc2)Oc2ccccc2)cc1)c1ccc(OP(=O)(Oc2ccccc2)Oc2ccccc2)cc1.COP(=O)(Oc1ccccc1)Oc1ccccc1.COP(=O)(Oc1ccccc1)Oc1ccccc1.c1ccccc1. The van der Waals surface area contributed by atoms with Gasteiger partial charge < -0.3 is 45.2 Å². The van der Waals surface area contributed by atoms with E-state index in [0.717, 1.165) is 11.1 Å². The second-order valence-electron chi connectivity index (χ2n) is 19.4. The van der Waals surface area contributed by atoms with Crippen LogP contribution in [0.1, 0.15) is 136 Å². The molecule has 0 N–H and O–H groups in total. The van der Waals surface area contributed by atoms with Crippen molar-refractivity contribution in [2.24, 2.45) is 0 Å². The predicted molar refractivity (Wildman–Crippen MR) is 444 cm³/mol. The molecular weight excluding hydrogens is 1420 g/mol. The highest BCUT2D eigenvalue weighted by molar-refractivity contribution is 7.50. The van der Waals surface area contributed by atoms with E-state index in [2.05, 4.69) is 13.8 Å². The van der Waals surface area contributed by atoms with Gasteiger partial charge in [-0.2, -0.15) is 9.13 Å². The molecule has 0 heterocycles. The van der Waals surface area contributed by atoms with Crippen LogP contribution < -0.4 is 45.2 Å². The summed E-state index contributed by atoms with van der Waals surface area (Å²) < 4.78 is 118. The molecule has 16 nitrogen and oxygen atoms in total. The van der Waals surface area contributed by atoms with Crippen LogP contribution in [0, 0.1) is 0 Å². The molecular formula is C87H114O16P4. The van der Waals surface area contributed by atoms with Crippen LogP contribution in [0.25, 0.3) is 0 Å². The van der Waals surface area contributed by atoms with Crippen molar-refractivity contribution in [1.82, 2.24) is 0 Å². The maximum absolute atomic E-state index is 13.8. The van der Waals surface area contributed by atoms with E-state index in [1.807, 2.05) is 220 Å². The number of benzene rings is 11. The van der Waals surface area contributed by atoms with E-state index < -0.39 is 36.7 Å². The Balaban J connectivity index is 0.00000158. The lowest BCUT2D eigenvalue weighted by Gasteiger charge is -2.27. The summed E-state index contributed by atoms with van der Waals surface area (Å²) in [6.07, 6.45) is 0. The van der Waals surface area contributed by atoms with Crippen molar-refractivity contribution in [3.8, 4) is 57.5 Å². The second kappa shape index (κ2) is 58.4. The normalized spacial score (nSPS) is 9.91. The highest BCUT2D eigenvalue weighted by Gasteiger charge is 2.36. The van der Waals surface area contributed by atoms with Gasteiger partial charge in [-0.25, -0.2) is 9.13 Å². The average Bonchev–Trinajstić information content (AvgIpc) is 0.796. The summed E-state index contributed by atoms with van der Waals surface area (Å²) in [6, 6.07) is 96.4. The van der Waals surface area contributed by atoms with Crippen LogP contribution in [0.2, 0.25) is 0 Å². The number of phosphoric acid groups is 4. The topological polar surface area (TPSA) is 179 Å². The Morgan fingerprint density at radius 3 is 0.421 bits per heavy atom. The van der Waals surface area contributed by atoms with Crippen LogP contribution in [-0.4, -0.2) is 14.2 Å². The quantitative estimate of drug-likeness (QED) is 0.0521. The molecule has 0 unspecified atom stereocenters. The fraction of sp³-hybridized carbons (Fsp3) is 0.241. The average molecular weight is 1540 g/mol. The molecule has 578 valence electrons. The van der Waals surface area contributed by atoms with Gasteiger partial charge in [-0.15, -0.1) is 0 Å². The van der Waals surface area contributed by atoms with E-state index in [0.29, 0.717) is 57.5 Å². The summed E-state index contributed by atoms with van der Waals surface area (Å²) >= 11 is 0. The van der Waals surface area contributed by atoms with Crippen molar-refractivity contribution < 1.29 is 72.5 Å². The van der Waals surface area contributed by atoms with Crippen LogP contribution in [-0.2, 0) is 32.7 Å². The summed E-state index contributed by atoms with van der Waals surface area (Å²) in [5.74, 6) is 3.73. The van der Waals surface area contributed by atoms with Crippen LogP contribution in [0.3, 0.4) is 0 Å². The van der Waals surface area contributed by atoms with Gasteiger partial charge in [-0.1, -0.05) is 331 Å². The monoisotopic (exact) mass is 1540 g/mol. The highest BCUT2D eigenvalue weighted by Crippen LogP contribution is 2.53. The number of para-hydroxylation sites is 8. The molecule has 107 heavy (non-hydrogen) atoms. The van der Waals surface area contributed by atoms with Gasteiger partial charge in [0, 0.05) is 19.6 Å². The van der Waals surface area contributed by atoms with Crippen molar-refractivity contribution in [3.63, 3.8) is 0 Å². The third kappa shape index (κ3) is 38.9. The summed E-state index contributed by atoms with van der Waals surface area (Å²) in [4.78, 5) is 0. The first-order valence-corrected chi connectivity index (χ1v) is 42.0. The first kappa shape index (κ1) is 97.3. The van der Waals surface area contributed by atoms with Gasteiger partial charge >= 0.3 is 31.3 Å². The van der Waals surface area contributed by atoms with Crippen molar-refractivity contribution >= 4 is 31.3 Å². The summed E-state index contributed by atoms with van der Waals surface area (Å²) in [7, 11) is -13.0. The van der Waals surface area contributed by atoms with Crippen LogP contribution in [0.4, 0.5) is 0 Å². The first-order chi connectivity index (χ1) is 52.1. The van der Waals surface area contributed by atoms with Gasteiger partial charge in [0.1, 0.15) is 57.5 Å². The molecule has 0 saturated heterocycles. The Morgan fingerprint density at radius 1 is 0.178 bits per heavy atom. The molecule has 0 aliphatic carbocycles. The number of hydrogen-bond acceptors (Lipinski definition) is 16. The van der Waals surface area contributed by atoms with E-state index in [9.17, 15) is 18.3 Å². The molecule has 11 aromatic carbocycles. The van der Waals surface area contributed by atoms with Crippen LogP contribution >= 0.6 is 31.3 Å². The fourth-order valence-electron chi connectivity index (χ4n) is 7.86. The molecule has 0 spiro atoms. The lowest BCUT2D eigenvalue weighted by Crippen LogP contribution is -2.18. The minimum atomic E-state index is -4.12. The van der Waals surface area contributed by atoms with Gasteiger partial charge in [0.2, 0.25) is 0 Å². The highest BCUT2D eigenvalue weighted by atomic mass is 31.2. The molecule has 0 bridgehead atoms. The molecule has 0 fully saturated rings. The second-order valence-corrected chi connectivity index (χ2v) is 25.5. The zero-order valence-corrected chi connectivity index (χ0v) is 69.6. The molecule has 0 radical (unpaired) electrons. The standard InChI is InChI=1S/C39H34O8P2.2C13H13O4P.C6H6.8C2H6/c1-39(2,31-23-27-37(28-24-31)46-48(40,42-33-15-7-3-8-16-33)43-34-17-9-4-10-18-34)32-25-29-38(30-26-32)47-49(41,44-35-19-11-5-12-20-35)45-36-21-13-6-14-22-36;2*1-15-18(14,16-12-8-4-2-5-9-12)17-13-10-6-3-7-11-13;1-2-4-6-5-3-1;8*1-2/h3-30H,1-2H3;2*2-11H,1H3;1-6H;8*1-2H3. The molecule has 0 aliphatic rings.